The third-order valence-electron chi connectivity index (χ3n) is 3.17. The predicted octanol–water partition coefficient (Wildman–Crippen LogP) is 2.29. The van der Waals surface area contributed by atoms with Gasteiger partial charge in [0.15, 0.2) is 5.96 Å². The van der Waals surface area contributed by atoms with Gasteiger partial charge >= 0.3 is 0 Å². The Hall–Kier alpha value is -1.55. The van der Waals surface area contributed by atoms with Crippen LogP contribution in [-0.4, -0.2) is 25.2 Å². The highest BCUT2D eigenvalue weighted by Gasteiger charge is 2.14. The molecular weight excluding hydrogens is 226 g/mol. The van der Waals surface area contributed by atoms with Crippen molar-refractivity contribution in [3.8, 4) is 0 Å². The van der Waals surface area contributed by atoms with Crippen molar-refractivity contribution >= 4 is 11.6 Å². The van der Waals surface area contributed by atoms with Crippen molar-refractivity contribution in [2.24, 2.45) is 10.7 Å². The molecule has 0 saturated carbocycles. The van der Waals surface area contributed by atoms with Crippen LogP contribution in [-0.2, 0) is 4.74 Å². The molecule has 0 radical (unpaired) electrons. The maximum absolute atomic E-state index is 5.86. The first kappa shape index (κ1) is 12.9. The molecule has 1 aliphatic heterocycles. The number of hydrogen-bond donors (Lipinski definition) is 2. The number of ether oxygens (including phenoxy) is 1. The van der Waals surface area contributed by atoms with Gasteiger partial charge in [-0.3, -0.25) is 4.99 Å². The van der Waals surface area contributed by atoms with Gasteiger partial charge < -0.3 is 15.8 Å². The molecule has 0 amide bonds. The standard InChI is InChI=1S/C14H21N3O/c1-11-5-2-3-7-13(11)17-14(15)16-9-8-12-6-4-10-18-12/h2-3,5,7,12H,4,6,8-10H2,1H3,(H3,15,16,17)/t12-/m1/s1. The maximum atomic E-state index is 5.86. The molecule has 18 heavy (non-hydrogen) atoms. The van der Waals surface area contributed by atoms with Gasteiger partial charge in [0.05, 0.1) is 6.10 Å². The SMILES string of the molecule is Cc1ccccc1NC(N)=NCC[C@H]1CCCO1. The Labute approximate surface area is 108 Å². The first-order valence-electron chi connectivity index (χ1n) is 6.50. The zero-order chi connectivity index (χ0) is 12.8. The van der Waals surface area contributed by atoms with E-state index in [4.69, 9.17) is 10.5 Å². The molecule has 2 rings (SSSR count). The Balaban J connectivity index is 1.80. The number of aryl methyl sites for hydroxylation is 1. The van der Waals surface area contributed by atoms with E-state index in [9.17, 15) is 0 Å². The molecule has 1 fully saturated rings. The van der Waals surface area contributed by atoms with E-state index in [1.54, 1.807) is 0 Å². The van der Waals surface area contributed by atoms with Crippen LogP contribution in [0.2, 0.25) is 0 Å². The van der Waals surface area contributed by atoms with Crippen molar-refractivity contribution in [1.82, 2.24) is 0 Å². The monoisotopic (exact) mass is 247 g/mol. The first-order valence-corrected chi connectivity index (χ1v) is 6.50. The van der Waals surface area contributed by atoms with E-state index >= 15 is 0 Å². The summed E-state index contributed by atoms with van der Waals surface area (Å²) in [7, 11) is 0. The minimum atomic E-state index is 0.375. The number of aliphatic imine (C=N–C) groups is 1. The Morgan fingerprint density at radius 1 is 1.50 bits per heavy atom. The highest BCUT2D eigenvalue weighted by molar-refractivity contribution is 5.92. The minimum Gasteiger partial charge on any atom is -0.378 e. The molecule has 3 N–H and O–H groups in total. The first-order chi connectivity index (χ1) is 8.75. The molecular formula is C14H21N3O. The molecule has 1 heterocycles. The van der Waals surface area contributed by atoms with Crippen LogP contribution in [0, 0.1) is 6.92 Å². The van der Waals surface area contributed by atoms with Crippen molar-refractivity contribution in [3.05, 3.63) is 29.8 Å². The highest BCUT2D eigenvalue weighted by atomic mass is 16.5. The lowest BCUT2D eigenvalue weighted by atomic mass is 10.2. The largest absolute Gasteiger partial charge is 0.378 e. The zero-order valence-electron chi connectivity index (χ0n) is 10.9. The zero-order valence-corrected chi connectivity index (χ0v) is 10.9. The molecule has 4 nitrogen and oxygen atoms in total. The molecule has 98 valence electrons. The van der Waals surface area contributed by atoms with E-state index in [0.717, 1.165) is 37.2 Å². The summed E-state index contributed by atoms with van der Waals surface area (Å²) in [6, 6.07) is 8.03. The van der Waals surface area contributed by atoms with Crippen LogP contribution in [0.1, 0.15) is 24.8 Å². The number of nitrogens with one attached hydrogen (secondary N) is 1. The van der Waals surface area contributed by atoms with E-state index in [1.165, 1.54) is 6.42 Å². The number of benzene rings is 1. The lowest BCUT2D eigenvalue weighted by Gasteiger charge is -2.09. The summed E-state index contributed by atoms with van der Waals surface area (Å²) in [4.78, 5) is 4.33. The van der Waals surface area contributed by atoms with E-state index in [-0.39, 0.29) is 0 Å². The van der Waals surface area contributed by atoms with Gasteiger partial charge in [0.2, 0.25) is 0 Å². The number of anilines is 1. The second kappa shape index (κ2) is 6.40. The van der Waals surface area contributed by atoms with Gasteiger partial charge in [-0.05, 0) is 37.8 Å². The quantitative estimate of drug-likeness (QED) is 0.634. The maximum Gasteiger partial charge on any atom is 0.193 e. The van der Waals surface area contributed by atoms with Crippen LogP contribution < -0.4 is 11.1 Å². The fourth-order valence-electron chi connectivity index (χ4n) is 2.09. The minimum absolute atomic E-state index is 0.375. The van der Waals surface area contributed by atoms with Gasteiger partial charge in [-0.25, -0.2) is 0 Å². The summed E-state index contributed by atoms with van der Waals surface area (Å²) in [5, 5.41) is 3.12. The normalized spacial score (nSPS) is 20.1. The van der Waals surface area contributed by atoms with Crippen LogP contribution in [0.15, 0.2) is 29.3 Å². The van der Waals surface area contributed by atoms with Crippen LogP contribution in [0.4, 0.5) is 5.69 Å². The van der Waals surface area contributed by atoms with Crippen LogP contribution in [0.5, 0.6) is 0 Å². The Morgan fingerprint density at radius 2 is 2.33 bits per heavy atom. The van der Waals surface area contributed by atoms with Gasteiger partial charge in [0.1, 0.15) is 0 Å². The third kappa shape index (κ3) is 3.74. The molecule has 0 aliphatic carbocycles. The molecule has 1 aliphatic rings. The number of guanidine groups is 1. The van der Waals surface area contributed by atoms with E-state index in [0.29, 0.717) is 12.1 Å². The van der Waals surface area contributed by atoms with Crippen LogP contribution in [0.25, 0.3) is 0 Å². The molecule has 0 bridgehead atoms. The van der Waals surface area contributed by atoms with Crippen molar-refractivity contribution < 1.29 is 4.74 Å². The van der Waals surface area contributed by atoms with Gasteiger partial charge in [-0.15, -0.1) is 0 Å². The third-order valence-corrected chi connectivity index (χ3v) is 3.17. The van der Waals surface area contributed by atoms with Gasteiger partial charge in [0, 0.05) is 18.8 Å². The van der Waals surface area contributed by atoms with E-state index in [1.807, 2.05) is 31.2 Å². The average Bonchev–Trinajstić information content (AvgIpc) is 2.85. The fraction of sp³-hybridized carbons (Fsp3) is 0.500. The fourth-order valence-corrected chi connectivity index (χ4v) is 2.09. The van der Waals surface area contributed by atoms with Crippen molar-refractivity contribution in [3.63, 3.8) is 0 Å². The van der Waals surface area contributed by atoms with Crippen molar-refractivity contribution in [1.29, 1.82) is 0 Å². The number of rotatable bonds is 4. The van der Waals surface area contributed by atoms with Crippen molar-refractivity contribution in [2.45, 2.75) is 32.3 Å². The molecule has 0 aromatic heterocycles. The molecule has 1 aromatic rings. The highest BCUT2D eigenvalue weighted by Crippen LogP contribution is 2.15. The number of nitrogens with two attached hydrogens (primary N) is 1. The summed E-state index contributed by atoms with van der Waals surface area (Å²) in [5.74, 6) is 0.474. The molecule has 1 saturated heterocycles. The Kier molecular flexibility index (Phi) is 4.59. The molecule has 1 aromatic carbocycles. The van der Waals surface area contributed by atoms with Crippen LogP contribution in [0.3, 0.4) is 0 Å². The van der Waals surface area contributed by atoms with E-state index in [2.05, 4.69) is 10.3 Å². The number of hydrogen-bond acceptors (Lipinski definition) is 2. The topological polar surface area (TPSA) is 59.6 Å². The lowest BCUT2D eigenvalue weighted by molar-refractivity contribution is 0.106. The summed E-state index contributed by atoms with van der Waals surface area (Å²) >= 11 is 0. The summed E-state index contributed by atoms with van der Waals surface area (Å²) in [5.41, 5.74) is 8.03. The average molecular weight is 247 g/mol. The van der Waals surface area contributed by atoms with Gasteiger partial charge in [0.25, 0.3) is 0 Å². The van der Waals surface area contributed by atoms with Crippen molar-refractivity contribution in [2.75, 3.05) is 18.5 Å². The molecule has 0 spiro atoms. The second-order valence-corrected chi connectivity index (χ2v) is 4.63. The van der Waals surface area contributed by atoms with E-state index < -0.39 is 0 Å². The molecule has 4 heteroatoms. The lowest BCUT2D eigenvalue weighted by Crippen LogP contribution is -2.23. The summed E-state index contributed by atoms with van der Waals surface area (Å²) < 4.78 is 5.54. The predicted molar refractivity (Wildman–Crippen MR) is 74.9 cm³/mol. The Morgan fingerprint density at radius 3 is 3.06 bits per heavy atom. The van der Waals surface area contributed by atoms with Gasteiger partial charge in [-0.2, -0.15) is 0 Å². The molecule has 0 unspecified atom stereocenters. The molecule has 1 atom stereocenters. The second-order valence-electron chi connectivity index (χ2n) is 4.63. The van der Waals surface area contributed by atoms with Crippen LogP contribution >= 0.6 is 0 Å². The smallest absolute Gasteiger partial charge is 0.193 e. The summed E-state index contributed by atoms with van der Waals surface area (Å²) in [6.45, 7) is 3.66. The summed E-state index contributed by atoms with van der Waals surface area (Å²) in [6.07, 6.45) is 3.65. The number of para-hydroxylation sites is 1. The van der Waals surface area contributed by atoms with Gasteiger partial charge in [-0.1, -0.05) is 18.2 Å². The Bertz CT molecular complexity index is 411. The number of nitrogens with zero attached hydrogens (tertiary/aromatic N) is 1.